The fraction of sp³-hybridized carbons (Fsp3) is 0.444. The molecule has 3 rings (SSSR count). The Morgan fingerprint density at radius 2 is 1.53 bits per heavy atom. The number of hydrogen-bond donors (Lipinski definition) is 3. The molecule has 34 heavy (non-hydrogen) atoms. The molecule has 1 aliphatic carbocycles. The van der Waals surface area contributed by atoms with E-state index in [0.717, 1.165) is 28.7 Å². The molecular formula is C27H34N2O5. The highest BCUT2D eigenvalue weighted by Crippen LogP contribution is 2.44. The molecule has 2 amide bonds. The summed E-state index contributed by atoms with van der Waals surface area (Å²) in [5, 5.41) is 14.8. The number of ether oxygens (including phenoxy) is 1. The van der Waals surface area contributed by atoms with Crippen LogP contribution in [0.4, 0.5) is 4.79 Å². The Morgan fingerprint density at radius 3 is 2.03 bits per heavy atom. The second-order valence-electron chi connectivity index (χ2n) is 8.80. The maximum Gasteiger partial charge on any atom is 0.408 e. The number of benzene rings is 2. The molecule has 7 nitrogen and oxygen atoms in total. The van der Waals surface area contributed by atoms with Crippen LogP contribution in [-0.4, -0.2) is 41.3 Å². The predicted octanol–water partition coefficient (Wildman–Crippen LogP) is 4.84. The van der Waals surface area contributed by atoms with Crippen LogP contribution in [0.15, 0.2) is 48.5 Å². The van der Waals surface area contributed by atoms with Crippen LogP contribution in [-0.2, 0) is 14.3 Å². The molecule has 1 aliphatic rings. The highest BCUT2D eigenvalue weighted by molar-refractivity contribution is 5.90. The minimum atomic E-state index is -1.17. The van der Waals surface area contributed by atoms with Gasteiger partial charge in [0.1, 0.15) is 12.1 Å². The van der Waals surface area contributed by atoms with Gasteiger partial charge in [-0.2, -0.15) is 0 Å². The predicted molar refractivity (Wildman–Crippen MR) is 131 cm³/mol. The second-order valence-corrected chi connectivity index (χ2v) is 8.80. The highest BCUT2D eigenvalue weighted by atomic mass is 16.5. The molecule has 2 aromatic carbocycles. The van der Waals surface area contributed by atoms with Gasteiger partial charge in [-0.25, -0.2) is 4.79 Å². The lowest BCUT2D eigenvalue weighted by Gasteiger charge is -2.33. The van der Waals surface area contributed by atoms with Gasteiger partial charge in [-0.15, -0.1) is 0 Å². The van der Waals surface area contributed by atoms with Crippen LogP contribution in [0.1, 0.15) is 69.9 Å². The summed E-state index contributed by atoms with van der Waals surface area (Å²) in [4.78, 5) is 37.2. The Hall–Kier alpha value is -3.35. The van der Waals surface area contributed by atoms with Crippen molar-refractivity contribution in [3.63, 3.8) is 0 Å². The number of hydrogen-bond acceptors (Lipinski definition) is 4. The highest BCUT2D eigenvalue weighted by Gasteiger charge is 2.38. The van der Waals surface area contributed by atoms with Crippen molar-refractivity contribution >= 4 is 18.0 Å². The number of amides is 2. The summed E-state index contributed by atoms with van der Waals surface area (Å²) in [5.74, 6) is -1.43. The van der Waals surface area contributed by atoms with E-state index in [1.54, 1.807) is 0 Å². The van der Waals surface area contributed by atoms with Gasteiger partial charge in [0.05, 0.1) is 6.42 Å². The molecule has 1 unspecified atom stereocenters. The Labute approximate surface area is 200 Å². The third-order valence-corrected chi connectivity index (χ3v) is 6.72. The number of carbonyl (C=O) groups is 3. The van der Waals surface area contributed by atoms with E-state index in [-0.39, 0.29) is 24.9 Å². The fourth-order valence-corrected chi connectivity index (χ4v) is 4.74. The van der Waals surface area contributed by atoms with E-state index in [1.807, 2.05) is 57.2 Å². The fourth-order valence-electron chi connectivity index (χ4n) is 4.74. The molecule has 0 aliphatic heterocycles. The van der Waals surface area contributed by atoms with Gasteiger partial charge in [0.25, 0.3) is 0 Å². The lowest BCUT2D eigenvalue weighted by Crippen LogP contribution is -2.60. The summed E-state index contributed by atoms with van der Waals surface area (Å²) in [6.45, 7) is 5.73. The molecule has 3 N–H and O–H groups in total. The first-order valence-electron chi connectivity index (χ1n) is 12.0. The van der Waals surface area contributed by atoms with Crippen molar-refractivity contribution in [2.45, 2.75) is 70.4 Å². The van der Waals surface area contributed by atoms with Crippen molar-refractivity contribution in [3.05, 3.63) is 59.7 Å². The van der Waals surface area contributed by atoms with Gasteiger partial charge < -0.3 is 20.5 Å². The monoisotopic (exact) mass is 466 g/mol. The lowest BCUT2D eigenvalue weighted by molar-refractivity contribution is -0.138. The summed E-state index contributed by atoms with van der Waals surface area (Å²) >= 11 is 0. The molecule has 0 heterocycles. The maximum absolute atomic E-state index is 13.1. The summed E-state index contributed by atoms with van der Waals surface area (Å²) in [6, 6.07) is 15.7. The third-order valence-electron chi connectivity index (χ3n) is 6.72. The Bertz CT molecular complexity index is 986. The molecule has 0 fully saturated rings. The van der Waals surface area contributed by atoms with Crippen LogP contribution >= 0.6 is 0 Å². The minimum absolute atomic E-state index is 0.0749. The van der Waals surface area contributed by atoms with E-state index in [0.29, 0.717) is 19.3 Å². The van der Waals surface area contributed by atoms with Gasteiger partial charge >= 0.3 is 12.1 Å². The zero-order chi connectivity index (χ0) is 24.7. The molecule has 1 atom stereocenters. The second kappa shape index (κ2) is 11.2. The molecule has 2 aromatic rings. The average Bonchev–Trinajstić information content (AvgIpc) is 3.14. The van der Waals surface area contributed by atoms with Crippen molar-refractivity contribution in [1.29, 1.82) is 0 Å². The van der Waals surface area contributed by atoms with Gasteiger partial charge in [0.15, 0.2) is 0 Å². The molecule has 0 aromatic heterocycles. The van der Waals surface area contributed by atoms with E-state index < -0.39 is 23.6 Å². The zero-order valence-electron chi connectivity index (χ0n) is 20.1. The quantitative estimate of drug-likeness (QED) is 0.439. The SMILES string of the molecule is CCCC(CC(=O)O)NC(=O)C(CC)(CC)NC(=O)OCC1c2ccccc2-c2ccccc21. The van der Waals surface area contributed by atoms with Gasteiger partial charge in [0, 0.05) is 12.0 Å². The molecule has 0 radical (unpaired) electrons. The molecule has 182 valence electrons. The summed E-state index contributed by atoms with van der Waals surface area (Å²) in [5.41, 5.74) is 3.34. The number of aliphatic carboxylic acids is 1. The van der Waals surface area contributed by atoms with Gasteiger partial charge in [-0.3, -0.25) is 9.59 Å². The number of alkyl carbamates (subject to hydrolysis) is 1. The molecule has 0 spiro atoms. The van der Waals surface area contributed by atoms with Crippen molar-refractivity contribution in [3.8, 4) is 11.1 Å². The smallest absolute Gasteiger partial charge is 0.408 e. The van der Waals surface area contributed by atoms with Crippen LogP contribution in [0, 0.1) is 0 Å². The van der Waals surface area contributed by atoms with Crippen molar-refractivity contribution in [2.75, 3.05) is 6.61 Å². The number of carboxylic acid groups (broad SMARTS) is 1. The third kappa shape index (κ3) is 5.41. The van der Waals surface area contributed by atoms with Gasteiger partial charge in [0.2, 0.25) is 5.91 Å². The number of nitrogens with one attached hydrogen (secondary N) is 2. The van der Waals surface area contributed by atoms with Gasteiger partial charge in [-0.1, -0.05) is 75.7 Å². The maximum atomic E-state index is 13.1. The van der Waals surface area contributed by atoms with E-state index in [4.69, 9.17) is 9.84 Å². The summed E-state index contributed by atoms with van der Waals surface area (Å²) < 4.78 is 5.64. The van der Waals surface area contributed by atoms with E-state index >= 15 is 0 Å². The largest absolute Gasteiger partial charge is 0.481 e. The first-order chi connectivity index (χ1) is 16.3. The van der Waals surface area contributed by atoms with Crippen LogP contribution in [0.25, 0.3) is 11.1 Å². The van der Waals surface area contributed by atoms with E-state index in [2.05, 4.69) is 22.8 Å². The van der Waals surface area contributed by atoms with Crippen molar-refractivity contribution < 1.29 is 24.2 Å². The molecule has 0 saturated carbocycles. The first-order valence-corrected chi connectivity index (χ1v) is 12.0. The standard InChI is InChI=1S/C27H34N2O5/c1-4-11-18(16-24(30)31)28-25(32)27(5-2,6-3)29-26(33)34-17-23-21-14-9-7-12-19(21)20-13-8-10-15-22(20)23/h7-10,12-15,18,23H,4-6,11,16-17H2,1-3H3,(H,28,32)(H,29,33)(H,30,31). The number of rotatable bonds is 11. The Balaban J connectivity index is 1.69. The van der Waals surface area contributed by atoms with Crippen LogP contribution < -0.4 is 10.6 Å². The zero-order valence-corrected chi connectivity index (χ0v) is 20.1. The van der Waals surface area contributed by atoms with Crippen LogP contribution in [0.5, 0.6) is 0 Å². The van der Waals surface area contributed by atoms with Gasteiger partial charge in [-0.05, 0) is 41.5 Å². The average molecular weight is 467 g/mol. The normalized spacial score (nSPS) is 13.5. The number of fused-ring (bicyclic) bond motifs is 3. The van der Waals surface area contributed by atoms with Crippen LogP contribution in [0.3, 0.4) is 0 Å². The molecule has 7 heteroatoms. The summed E-state index contributed by atoms with van der Waals surface area (Å²) in [7, 11) is 0. The Kier molecular flexibility index (Phi) is 8.31. The van der Waals surface area contributed by atoms with E-state index in [1.165, 1.54) is 0 Å². The number of carbonyl (C=O) groups excluding carboxylic acids is 2. The topological polar surface area (TPSA) is 105 Å². The summed E-state index contributed by atoms with van der Waals surface area (Å²) in [6.07, 6.45) is 1.17. The Morgan fingerprint density at radius 1 is 0.971 bits per heavy atom. The molecule has 0 bridgehead atoms. The van der Waals surface area contributed by atoms with Crippen molar-refractivity contribution in [1.82, 2.24) is 10.6 Å². The first kappa shape index (κ1) is 25.3. The molecular weight excluding hydrogens is 432 g/mol. The minimum Gasteiger partial charge on any atom is -0.481 e. The van der Waals surface area contributed by atoms with Crippen molar-refractivity contribution in [2.24, 2.45) is 0 Å². The van der Waals surface area contributed by atoms with E-state index in [9.17, 15) is 14.4 Å². The lowest BCUT2D eigenvalue weighted by atomic mass is 9.91. The number of carboxylic acids is 1. The van der Waals surface area contributed by atoms with Crippen LogP contribution in [0.2, 0.25) is 0 Å². The molecule has 0 saturated heterocycles.